The van der Waals surface area contributed by atoms with E-state index >= 15 is 0 Å². The van der Waals surface area contributed by atoms with E-state index in [1.54, 1.807) is 0 Å². The Hall–Kier alpha value is -0.770. The number of hydrogen-bond acceptors (Lipinski definition) is 2. The molecular weight excluding hydrogens is 204 g/mol. The highest BCUT2D eigenvalue weighted by atomic mass is 16.3. The molecular formula is C12H24N2O2. The Balaban J connectivity index is 2.47. The topological polar surface area (TPSA) is 52.6 Å². The van der Waals surface area contributed by atoms with E-state index in [0.717, 1.165) is 32.2 Å². The summed E-state index contributed by atoms with van der Waals surface area (Å²) >= 11 is 0. The summed E-state index contributed by atoms with van der Waals surface area (Å²) in [5.74, 6) is 0. The van der Waals surface area contributed by atoms with Crippen molar-refractivity contribution in [2.75, 3.05) is 13.2 Å². The van der Waals surface area contributed by atoms with E-state index < -0.39 is 0 Å². The summed E-state index contributed by atoms with van der Waals surface area (Å²) in [7, 11) is 0. The number of nitrogens with zero attached hydrogens (tertiary/aromatic N) is 1. The van der Waals surface area contributed by atoms with Crippen molar-refractivity contribution in [1.29, 1.82) is 0 Å². The van der Waals surface area contributed by atoms with Crippen molar-refractivity contribution in [3.05, 3.63) is 0 Å². The van der Waals surface area contributed by atoms with E-state index in [2.05, 4.69) is 5.32 Å². The summed E-state index contributed by atoms with van der Waals surface area (Å²) in [4.78, 5) is 13.9. The van der Waals surface area contributed by atoms with Gasteiger partial charge >= 0.3 is 6.03 Å². The van der Waals surface area contributed by atoms with Gasteiger partial charge in [-0.15, -0.1) is 0 Å². The second-order valence-corrected chi connectivity index (χ2v) is 5.54. The minimum Gasteiger partial charge on any atom is -0.396 e. The lowest BCUT2D eigenvalue weighted by Crippen LogP contribution is -2.50. The van der Waals surface area contributed by atoms with Crippen molar-refractivity contribution in [1.82, 2.24) is 10.2 Å². The molecule has 0 aliphatic carbocycles. The van der Waals surface area contributed by atoms with Gasteiger partial charge in [0.2, 0.25) is 0 Å². The summed E-state index contributed by atoms with van der Waals surface area (Å²) in [6.45, 7) is 7.03. The summed E-state index contributed by atoms with van der Waals surface area (Å²) < 4.78 is 0. The number of carbonyl (C=O) groups excluding carboxylic acids is 1. The van der Waals surface area contributed by atoms with E-state index in [-0.39, 0.29) is 18.2 Å². The van der Waals surface area contributed by atoms with Crippen molar-refractivity contribution >= 4 is 6.03 Å². The Labute approximate surface area is 98.0 Å². The molecule has 4 heteroatoms. The predicted molar refractivity (Wildman–Crippen MR) is 64.3 cm³/mol. The molecule has 1 saturated heterocycles. The molecule has 0 aromatic rings. The Morgan fingerprint density at radius 1 is 1.50 bits per heavy atom. The van der Waals surface area contributed by atoms with Crippen LogP contribution in [0.1, 0.15) is 46.5 Å². The molecule has 1 atom stereocenters. The lowest BCUT2D eigenvalue weighted by molar-refractivity contribution is 0.176. The first-order valence-corrected chi connectivity index (χ1v) is 6.13. The molecule has 1 rings (SSSR count). The molecule has 0 saturated carbocycles. The number of likely N-dealkylation sites (tertiary alicyclic amines) is 1. The summed E-state index contributed by atoms with van der Waals surface area (Å²) in [6.07, 6.45) is 3.84. The Morgan fingerprint density at radius 3 is 2.75 bits per heavy atom. The third-order valence-corrected chi connectivity index (χ3v) is 2.82. The first-order valence-electron chi connectivity index (χ1n) is 6.13. The minimum absolute atomic E-state index is 0.0351. The second-order valence-electron chi connectivity index (χ2n) is 5.54. The number of nitrogens with one attached hydrogen (secondary N) is 1. The van der Waals surface area contributed by atoms with E-state index in [0.29, 0.717) is 6.04 Å². The van der Waals surface area contributed by atoms with Crippen LogP contribution in [-0.4, -0.2) is 40.8 Å². The SMILES string of the molecule is CC(C)(C)NC(=O)N1CCCC1CCCO. The first-order chi connectivity index (χ1) is 7.44. The molecule has 0 aromatic carbocycles. The van der Waals surface area contributed by atoms with Crippen LogP contribution < -0.4 is 5.32 Å². The van der Waals surface area contributed by atoms with E-state index in [4.69, 9.17) is 5.11 Å². The zero-order valence-corrected chi connectivity index (χ0v) is 10.6. The summed E-state index contributed by atoms with van der Waals surface area (Å²) in [5.41, 5.74) is -0.179. The van der Waals surface area contributed by atoms with Gasteiger partial charge in [0.05, 0.1) is 0 Å². The second kappa shape index (κ2) is 5.53. The van der Waals surface area contributed by atoms with E-state index in [9.17, 15) is 4.79 Å². The number of amides is 2. The molecule has 16 heavy (non-hydrogen) atoms. The lowest BCUT2D eigenvalue weighted by Gasteiger charge is -2.29. The van der Waals surface area contributed by atoms with Gasteiger partial charge in [0, 0.05) is 24.7 Å². The van der Waals surface area contributed by atoms with Crippen molar-refractivity contribution in [2.45, 2.75) is 58.0 Å². The molecule has 1 fully saturated rings. The molecule has 0 spiro atoms. The molecule has 0 radical (unpaired) electrons. The largest absolute Gasteiger partial charge is 0.396 e. The van der Waals surface area contributed by atoms with Gasteiger partial charge in [-0.1, -0.05) is 0 Å². The van der Waals surface area contributed by atoms with Gasteiger partial charge in [-0.3, -0.25) is 0 Å². The molecule has 1 unspecified atom stereocenters. The summed E-state index contributed by atoms with van der Waals surface area (Å²) in [6, 6.07) is 0.349. The monoisotopic (exact) mass is 228 g/mol. The van der Waals surface area contributed by atoms with Crippen LogP contribution in [0.15, 0.2) is 0 Å². The third-order valence-electron chi connectivity index (χ3n) is 2.82. The van der Waals surface area contributed by atoms with Crippen molar-refractivity contribution in [3.8, 4) is 0 Å². The summed E-state index contributed by atoms with van der Waals surface area (Å²) in [5, 5.41) is 11.8. The van der Waals surface area contributed by atoms with Crippen LogP contribution in [0.3, 0.4) is 0 Å². The molecule has 0 aromatic heterocycles. The molecule has 1 aliphatic rings. The van der Waals surface area contributed by atoms with Gasteiger partial charge < -0.3 is 15.3 Å². The van der Waals surface area contributed by atoms with Crippen LogP contribution in [0.4, 0.5) is 4.79 Å². The molecule has 1 aliphatic heterocycles. The van der Waals surface area contributed by atoms with E-state index in [1.165, 1.54) is 0 Å². The maximum atomic E-state index is 12.0. The van der Waals surface area contributed by atoms with Crippen LogP contribution in [0.25, 0.3) is 0 Å². The standard InChI is InChI=1S/C12H24N2O2/c1-12(2,3)13-11(16)14-8-4-6-10(14)7-5-9-15/h10,15H,4-9H2,1-3H3,(H,13,16). The van der Waals surface area contributed by atoms with Crippen molar-refractivity contribution < 1.29 is 9.90 Å². The van der Waals surface area contributed by atoms with Crippen LogP contribution >= 0.6 is 0 Å². The fourth-order valence-corrected chi connectivity index (χ4v) is 2.12. The number of urea groups is 1. The van der Waals surface area contributed by atoms with Gasteiger partial charge in [0.1, 0.15) is 0 Å². The normalized spacial score (nSPS) is 21.2. The predicted octanol–water partition coefficient (Wildman–Crippen LogP) is 1.73. The average molecular weight is 228 g/mol. The number of carbonyl (C=O) groups is 1. The average Bonchev–Trinajstić information content (AvgIpc) is 2.59. The third kappa shape index (κ3) is 4.00. The minimum atomic E-state index is -0.179. The first kappa shape index (κ1) is 13.3. The molecule has 1 heterocycles. The smallest absolute Gasteiger partial charge is 0.318 e. The number of aliphatic hydroxyl groups is 1. The van der Waals surface area contributed by atoms with Gasteiger partial charge in [-0.05, 0) is 46.5 Å². The Bertz CT molecular complexity index is 236. The Kier molecular flexibility index (Phi) is 4.59. The zero-order chi connectivity index (χ0) is 12.2. The van der Waals surface area contributed by atoms with Crippen LogP contribution in [0.2, 0.25) is 0 Å². The number of rotatable bonds is 3. The van der Waals surface area contributed by atoms with Crippen LogP contribution in [-0.2, 0) is 0 Å². The van der Waals surface area contributed by atoms with Gasteiger partial charge in [0.25, 0.3) is 0 Å². The van der Waals surface area contributed by atoms with E-state index in [1.807, 2.05) is 25.7 Å². The molecule has 94 valence electrons. The lowest BCUT2D eigenvalue weighted by atomic mass is 10.1. The quantitative estimate of drug-likeness (QED) is 0.773. The highest BCUT2D eigenvalue weighted by Crippen LogP contribution is 2.21. The van der Waals surface area contributed by atoms with Crippen LogP contribution in [0.5, 0.6) is 0 Å². The van der Waals surface area contributed by atoms with Crippen molar-refractivity contribution in [3.63, 3.8) is 0 Å². The van der Waals surface area contributed by atoms with Gasteiger partial charge in [-0.2, -0.15) is 0 Å². The number of hydrogen-bond donors (Lipinski definition) is 2. The van der Waals surface area contributed by atoms with Gasteiger partial charge in [-0.25, -0.2) is 4.79 Å². The fraction of sp³-hybridized carbons (Fsp3) is 0.917. The molecule has 0 bridgehead atoms. The maximum Gasteiger partial charge on any atom is 0.318 e. The fourth-order valence-electron chi connectivity index (χ4n) is 2.12. The number of aliphatic hydroxyl groups excluding tert-OH is 1. The zero-order valence-electron chi connectivity index (χ0n) is 10.6. The molecule has 2 amide bonds. The maximum absolute atomic E-state index is 12.0. The highest BCUT2D eigenvalue weighted by Gasteiger charge is 2.29. The molecule has 2 N–H and O–H groups in total. The molecule has 4 nitrogen and oxygen atoms in total. The highest BCUT2D eigenvalue weighted by molar-refractivity contribution is 5.75. The Morgan fingerprint density at radius 2 is 2.19 bits per heavy atom. The van der Waals surface area contributed by atoms with Gasteiger partial charge in [0.15, 0.2) is 0 Å². The van der Waals surface area contributed by atoms with Crippen LogP contribution in [0, 0.1) is 0 Å². The van der Waals surface area contributed by atoms with Crippen molar-refractivity contribution in [2.24, 2.45) is 0 Å².